The molecular weight excluding hydrogens is 240 g/mol. The average molecular weight is 266 g/mol. The fourth-order valence-corrected chi connectivity index (χ4v) is 8.13. The summed E-state index contributed by atoms with van der Waals surface area (Å²) in [7, 11) is -1.79. The third kappa shape index (κ3) is 3.08. The van der Waals surface area contributed by atoms with Crippen molar-refractivity contribution in [1.82, 2.24) is 0 Å². The molecule has 0 bridgehead atoms. The highest BCUT2D eigenvalue weighted by molar-refractivity contribution is 6.77. The summed E-state index contributed by atoms with van der Waals surface area (Å²) >= 11 is 0. The molecule has 0 spiro atoms. The van der Waals surface area contributed by atoms with Crippen LogP contribution in [-0.4, -0.2) is 8.32 Å². The van der Waals surface area contributed by atoms with Crippen LogP contribution >= 0.6 is 0 Å². The topological polar surface area (TPSA) is 22.4 Å². The van der Waals surface area contributed by atoms with Gasteiger partial charge in [0.05, 0.1) is 12.5 Å². The molecule has 3 heteroatoms. The second kappa shape index (κ2) is 6.28. The molecule has 2 nitrogen and oxygen atoms in total. The van der Waals surface area contributed by atoms with Crippen LogP contribution in [0.25, 0.3) is 6.08 Å². The van der Waals surface area contributed by atoms with E-state index in [0.717, 1.165) is 5.76 Å². The van der Waals surface area contributed by atoms with E-state index in [1.165, 1.54) is 0 Å². The third-order valence-corrected chi connectivity index (χ3v) is 9.71. The van der Waals surface area contributed by atoms with E-state index in [0.29, 0.717) is 16.6 Å². The van der Waals surface area contributed by atoms with E-state index < -0.39 is 8.32 Å². The summed E-state index contributed by atoms with van der Waals surface area (Å²) in [5.41, 5.74) is 1.79. The van der Waals surface area contributed by atoms with Crippen LogP contribution in [0.2, 0.25) is 16.6 Å². The maximum absolute atomic E-state index is 6.29. The van der Waals surface area contributed by atoms with Crippen molar-refractivity contribution >= 4 is 14.4 Å². The standard InChI is InChI=1S/C15H26O2Si/c1-12(2)18(13(3)4,14(5)6)17-11-9-15-8-7-10-16-15/h7-14H,1-6H3. The van der Waals surface area contributed by atoms with Gasteiger partial charge in [-0.2, -0.15) is 0 Å². The second-order valence-electron chi connectivity index (χ2n) is 5.75. The van der Waals surface area contributed by atoms with Crippen LogP contribution in [0.1, 0.15) is 47.3 Å². The van der Waals surface area contributed by atoms with Gasteiger partial charge < -0.3 is 8.84 Å². The lowest BCUT2D eigenvalue weighted by molar-refractivity contribution is 0.418. The highest BCUT2D eigenvalue weighted by Gasteiger charge is 2.46. The SMILES string of the molecule is CC(C)[Si](OC=Cc1ccco1)(C(C)C)C(C)C. The lowest BCUT2D eigenvalue weighted by Gasteiger charge is -2.40. The van der Waals surface area contributed by atoms with E-state index in [-0.39, 0.29) is 0 Å². The predicted molar refractivity (Wildman–Crippen MR) is 79.9 cm³/mol. The molecule has 0 saturated heterocycles. The molecule has 0 amide bonds. The second-order valence-corrected chi connectivity index (χ2v) is 11.2. The molecule has 0 aliphatic carbocycles. The van der Waals surface area contributed by atoms with Crippen molar-refractivity contribution < 1.29 is 8.84 Å². The summed E-state index contributed by atoms with van der Waals surface area (Å²) in [6.07, 6.45) is 5.43. The molecule has 1 heterocycles. The lowest BCUT2D eigenvalue weighted by Crippen LogP contribution is -2.46. The zero-order chi connectivity index (χ0) is 13.8. The first-order valence-corrected chi connectivity index (χ1v) is 8.93. The van der Waals surface area contributed by atoms with Crippen LogP contribution in [0.15, 0.2) is 29.1 Å². The minimum absolute atomic E-state index is 0.596. The monoisotopic (exact) mass is 266 g/mol. The Morgan fingerprint density at radius 3 is 2.00 bits per heavy atom. The first-order valence-electron chi connectivity index (χ1n) is 6.79. The van der Waals surface area contributed by atoms with Gasteiger partial charge in [-0.3, -0.25) is 0 Å². The van der Waals surface area contributed by atoms with E-state index in [4.69, 9.17) is 8.84 Å². The van der Waals surface area contributed by atoms with Crippen LogP contribution in [0.3, 0.4) is 0 Å². The smallest absolute Gasteiger partial charge is 0.257 e. The Bertz CT molecular complexity index is 342. The van der Waals surface area contributed by atoms with Gasteiger partial charge in [0.15, 0.2) is 0 Å². The third-order valence-electron chi connectivity index (χ3n) is 3.75. The van der Waals surface area contributed by atoms with Gasteiger partial charge in [-0.05, 0) is 28.8 Å². The highest BCUT2D eigenvalue weighted by Crippen LogP contribution is 2.42. The van der Waals surface area contributed by atoms with Crippen molar-refractivity contribution in [2.45, 2.75) is 58.2 Å². The Kier molecular flexibility index (Phi) is 5.26. The van der Waals surface area contributed by atoms with Crippen LogP contribution in [0.5, 0.6) is 0 Å². The summed E-state index contributed by atoms with van der Waals surface area (Å²) in [5.74, 6) is 0.842. The summed E-state index contributed by atoms with van der Waals surface area (Å²) in [5, 5.41) is 0. The molecular formula is C15H26O2Si. The van der Waals surface area contributed by atoms with E-state index in [1.807, 2.05) is 24.5 Å². The Labute approximate surface area is 112 Å². The van der Waals surface area contributed by atoms with Gasteiger partial charge in [-0.1, -0.05) is 41.5 Å². The molecule has 0 fully saturated rings. The molecule has 0 unspecified atom stereocenters. The van der Waals surface area contributed by atoms with Crippen molar-refractivity contribution in [2.75, 3.05) is 0 Å². The zero-order valence-corrected chi connectivity index (χ0v) is 13.4. The van der Waals surface area contributed by atoms with Crippen molar-refractivity contribution in [1.29, 1.82) is 0 Å². The Morgan fingerprint density at radius 2 is 1.61 bits per heavy atom. The summed E-state index contributed by atoms with van der Waals surface area (Å²) in [6.45, 7) is 13.7. The van der Waals surface area contributed by atoms with E-state index >= 15 is 0 Å². The number of rotatable bonds is 6. The molecule has 1 aromatic rings. The molecule has 18 heavy (non-hydrogen) atoms. The molecule has 0 N–H and O–H groups in total. The predicted octanol–water partition coefficient (Wildman–Crippen LogP) is 5.44. The molecule has 0 saturated carbocycles. The number of hydrogen-bond donors (Lipinski definition) is 0. The Balaban J connectivity index is 2.85. The molecule has 1 rings (SSSR count). The van der Waals surface area contributed by atoms with Crippen molar-refractivity contribution in [2.24, 2.45) is 0 Å². The summed E-state index contributed by atoms with van der Waals surface area (Å²) in [4.78, 5) is 0. The fourth-order valence-electron chi connectivity index (χ4n) is 3.01. The maximum atomic E-state index is 6.29. The van der Waals surface area contributed by atoms with Gasteiger partial charge in [-0.15, -0.1) is 0 Å². The van der Waals surface area contributed by atoms with Gasteiger partial charge in [0.25, 0.3) is 8.32 Å². The molecule has 0 aliphatic rings. The minimum Gasteiger partial charge on any atom is -0.548 e. The van der Waals surface area contributed by atoms with Crippen LogP contribution in [0.4, 0.5) is 0 Å². The summed E-state index contributed by atoms with van der Waals surface area (Å²) in [6, 6.07) is 3.82. The Morgan fingerprint density at radius 1 is 1.06 bits per heavy atom. The van der Waals surface area contributed by atoms with Crippen LogP contribution in [0, 0.1) is 0 Å². The van der Waals surface area contributed by atoms with Crippen LogP contribution in [-0.2, 0) is 4.43 Å². The molecule has 102 valence electrons. The zero-order valence-electron chi connectivity index (χ0n) is 12.4. The highest BCUT2D eigenvalue weighted by atomic mass is 28.4. The van der Waals surface area contributed by atoms with Gasteiger partial charge in [-0.25, -0.2) is 0 Å². The number of furan rings is 1. The van der Waals surface area contributed by atoms with Crippen molar-refractivity contribution in [3.05, 3.63) is 30.4 Å². The van der Waals surface area contributed by atoms with E-state index in [2.05, 4.69) is 41.5 Å². The van der Waals surface area contributed by atoms with E-state index in [9.17, 15) is 0 Å². The van der Waals surface area contributed by atoms with Crippen LogP contribution < -0.4 is 0 Å². The van der Waals surface area contributed by atoms with Gasteiger partial charge in [0.2, 0.25) is 0 Å². The van der Waals surface area contributed by atoms with Crippen molar-refractivity contribution in [3.8, 4) is 0 Å². The lowest BCUT2D eigenvalue weighted by atomic mass is 10.4. The maximum Gasteiger partial charge on any atom is 0.257 e. The first-order chi connectivity index (χ1) is 8.41. The summed E-state index contributed by atoms with van der Waals surface area (Å²) < 4.78 is 11.6. The van der Waals surface area contributed by atoms with Crippen molar-refractivity contribution in [3.63, 3.8) is 0 Å². The normalized spacial score (nSPS) is 13.2. The van der Waals surface area contributed by atoms with Gasteiger partial charge in [0.1, 0.15) is 5.76 Å². The molecule has 0 radical (unpaired) electrons. The van der Waals surface area contributed by atoms with Gasteiger partial charge >= 0.3 is 0 Å². The number of hydrogen-bond acceptors (Lipinski definition) is 2. The van der Waals surface area contributed by atoms with Gasteiger partial charge in [0, 0.05) is 6.08 Å². The minimum atomic E-state index is -1.79. The largest absolute Gasteiger partial charge is 0.548 e. The first kappa shape index (κ1) is 15.1. The quantitative estimate of drug-likeness (QED) is 0.505. The molecule has 0 aromatic carbocycles. The molecule has 1 aromatic heterocycles. The average Bonchev–Trinajstić information content (AvgIpc) is 2.75. The Hall–Kier alpha value is -0.963. The fraction of sp³-hybridized carbons (Fsp3) is 0.600. The van der Waals surface area contributed by atoms with E-state index in [1.54, 1.807) is 6.26 Å². The molecule has 0 aliphatic heterocycles. The molecule has 0 atom stereocenters.